The van der Waals surface area contributed by atoms with E-state index >= 15 is 0 Å². The number of hydrogen-bond donors (Lipinski definition) is 1. The summed E-state index contributed by atoms with van der Waals surface area (Å²) in [5, 5.41) is 3.35. The fraction of sp³-hybridized carbons (Fsp3) is 0.259. The Morgan fingerprint density at radius 1 is 1.11 bits per heavy atom. The van der Waals surface area contributed by atoms with E-state index in [0.717, 1.165) is 37.5 Å². The number of nitrogens with one attached hydrogen (secondary N) is 1. The van der Waals surface area contributed by atoms with Gasteiger partial charge in [-0.05, 0) is 74.7 Å². The molecule has 36 heavy (non-hydrogen) atoms. The van der Waals surface area contributed by atoms with Crippen LogP contribution in [0.1, 0.15) is 42.3 Å². The minimum Gasteiger partial charge on any atom is -0.496 e. The average Bonchev–Trinajstić information content (AvgIpc) is 3.42. The first-order chi connectivity index (χ1) is 17.1. The molecule has 2 amide bonds. The Labute approximate surface area is 212 Å². The lowest BCUT2D eigenvalue weighted by molar-refractivity contribution is 0.0248. The molecular formula is C27H26N4O4S. The van der Waals surface area contributed by atoms with Gasteiger partial charge in [-0.2, -0.15) is 0 Å². The van der Waals surface area contributed by atoms with Gasteiger partial charge in [0.05, 0.1) is 34.9 Å². The van der Waals surface area contributed by atoms with Gasteiger partial charge in [0.1, 0.15) is 17.2 Å². The summed E-state index contributed by atoms with van der Waals surface area (Å²) in [5.74, 6) is 0.698. The highest BCUT2D eigenvalue weighted by Crippen LogP contribution is 2.40. The number of imide groups is 1. The van der Waals surface area contributed by atoms with Crippen molar-refractivity contribution in [2.75, 3.05) is 12.4 Å². The van der Waals surface area contributed by atoms with E-state index in [2.05, 4.69) is 15.3 Å². The van der Waals surface area contributed by atoms with E-state index in [0.29, 0.717) is 22.7 Å². The molecule has 2 aromatic heterocycles. The van der Waals surface area contributed by atoms with Gasteiger partial charge in [0.15, 0.2) is 0 Å². The molecule has 0 spiro atoms. The van der Waals surface area contributed by atoms with E-state index in [1.807, 2.05) is 42.8 Å². The smallest absolute Gasteiger partial charge is 0.417 e. The highest BCUT2D eigenvalue weighted by atomic mass is 32.1. The Kier molecular flexibility index (Phi) is 5.88. The van der Waals surface area contributed by atoms with Crippen molar-refractivity contribution in [1.82, 2.24) is 14.9 Å². The Bertz CT molecular complexity index is 1510. The summed E-state index contributed by atoms with van der Waals surface area (Å²) in [4.78, 5) is 36.0. The number of aromatic nitrogens is 2. The molecule has 4 aromatic rings. The van der Waals surface area contributed by atoms with E-state index < -0.39 is 17.6 Å². The van der Waals surface area contributed by atoms with Gasteiger partial charge in [-0.15, -0.1) is 11.3 Å². The van der Waals surface area contributed by atoms with Crippen LogP contribution in [-0.4, -0.2) is 39.6 Å². The predicted molar refractivity (Wildman–Crippen MR) is 140 cm³/mol. The number of pyridine rings is 1. The first kappa shape index (κ1) is 23.7. The first-order valence-corrected chi connectivity index (χ1v) is 12.3. The highest BCUT2D eigenvalue weighted by Gasteiger charge is 2.39. The molecule has 1 aliphatic rings. The lowest BCUT2D eigenvalue weighted by atomic mass is 9.94. The third-order valence-electron chi connectivity index (χ3n) is 5.89. The molecule has 9 heteroatoms. The summed E-state index contributed by atoms with van der Waals surface area (Å²) in [6.45, 7) is 7.40. The number of carbonyl (C=O) groups is 2. The molecule has 1 N–H and O–H groups in total. The fourth-order valence-corrected chi connectivity index (χ4v) is 4.98. The first-order valence-electron chi connectivity index (χ1n) is 11.5. The van der Waals surface area contributed by atoms with Gasteiger partial charge in [0.25, 0.3) is 5.91 Å². The second kappa shape index (κ2) is 8.91. The Morgan fingerprint density at radius 2 is 1.92 bits per heavy atom. The highest BCUT2D eigenvalue weighted by molar-refractivity contribution is 7.16. The second-order valence-electron chi connectivity index (χ2n) is 9.58. The number of hydrogen-bond acceptors (Lipinski definition) is 8. The monoisotopic (exact) mass is 502 g/mol. The lowest BCUT2D eigenvalue weighted by Gasteiger charge is -2.23. The second-order valence-corrected chi connectivity index (χ2v) is 10.5. The Balaban J connectivity index is 1.47. The molecule has 0 saturated carbocycles. The number of rotatable bonds is 4. The van der Waals surface area contributed by atoms with Gasteiger partial charge in [-0.3, -0.25) is 4.79 Å². The minimum atomic E-state index is -0.715. The van der Waals surface area contributed by atoms with Crippen LogP contribution < -0.4 is 10.1 Å². The molecule has 0 saturated heterocycles. The van der Waals surface area contributed by atoms with Gasteiger partial charge >= 0.3 is 6.09 Å². The van der Waals surface area contributed by atoms with Crippen LogP contribution in [0.25, 0.3) is 21.3 Å². The number of aryl methyl sites for hydroxylation is 1. The summed E-state index contributed by atoms with van der Waals surface area (Å²) in [5.41, 5.74) is 6.77. The number of thiazole rings is 1. The maximum atomic E-state index is 13.2. The van der Waals surface area contributed by atoms with Crippen molar-refractivity contribution in [1.29, 1.82) is 0 Å². The van der Waals surface area contributed by atoms with Gasteiger partial charge < -0.3 is 14.8 Å². The van der Waals surface area contributed by atoms with Crippen molar-refractivity contribution in [3.63, 3.8) is 0 Å². The standard InChI is InChI=1S/C27H26N4O4S/c1-15-10-23(30-16-6-8-20-22(11-16)36-14-29-20)28-12-18(15)17-7-9-21(34-5)24-19(17)13-31(25(24)32)26(33)35-27(2,3)4/h6-12,14H,13H2,1-5H3,(H,28,30). The molecular weight excluding hydrogens is 476 g/mol. The van der Waals surface area contributed by atoms with Gasteiger partial charge in [-0.1, -0.05) is 6.07 Å². The predicted octanol–water partition coefficient (Wildman–Crippen LogP) is 6.31. The molecule has 0 atom stereocenters. The minimum absolute atomic E-state index is 0.101. The molecule has 0 unspecified atom stereocenters. The molecule has 8 nitrogen and oxygen atoms in total. The van der Waals surface area contributed by atoms with Crippen molar-refractivity contribution in [3.8, 4) is 16.9 Å². The zero-order valence-electron chi connectivity index (χ0n) is 20.7. The molecule has 0 radical (unpaired) electrons. The number of benzene rings is 2. The maximum absolute atomic E-state index is 13.2. The topological polar surface area (TPSA) is 93.6 Å². The summed E-state index contributed by atoms with van der Waals surface area (Å²) in [7, 11) is 1.51. The Morgan fingerprint density at radius 3 is 2.64 bits per heavy atom. The van der Waals surface area contributed by atoms with Crippen LogP contribution in [0.15, 0.2) is 48.1 Å². The number of nitrogens with zero attached hydrogens (tertiary/aromatic N) is 3. The van der Waals surface area contributed by atoms with Crippen molar-refractivity contribution >= 4 is 45.1 Å². The normalized spacial score (nSPS) is 13.1. The van der Waals surface area contributed by atoms with E-state index in [4.69, 9.17) is 9.47 Å². The van der Waals surface area contributed by atoms with Crippen molar-refractivity contribution in [2.24, 2.45) is 0 Å². The third-order valence-corrected chi connectivity index (χ3v) is 6.68. The van der Waals surface area contributed by atoms with E-state index in [1.165, 1.54) is 7.11 Å². The third kappa shape index (κ3) is 4.37. The molecule has 5 rings (SSSR count). The largest absolute Gasteiger partial charge is 0.496 e. The number of ether oxygens (including phenoxy) is 2. The van der Waals surface area contributed by atoms with Gasteiger partial charge in [0, 0.05) is 17.4 Å². The van der Waals surface area contributed by atoms with Crippen LogP contribution in [0.2, 0.25) is 0 Å². The van der Waals surface area contributed by atoms with Crippen molar-refractivity contribution in [2.45, 2.75) is 39.8 Å². The Hall–Kier alpha value is -3.98. The SMILES string of the molecule is COc1ccc(-c2cnc(Nc3ccc4ncsc4c3)cc2C)c2c1C(=O)N(C(=O)OC(C)(C)C)C2. The number of amides is 2. The zero-order chi connectivity index (χ0) is 25.6. The molecule has 184 valence electrons. The van der Waals surface area contributed by atoms with Crippen LogP contribution >= 0.6 is 11.3 Å². The number of anilines is 2. The summed E-state index contributed by atoms with van der Waals surface area (Å²) >= 11 is 1.59. The van der Waals surface area contributed by atoms with E-state index in [-0.39, 0.29) is 6.54 Å². The summed E-state index contributed by atoms with van der Waals surface area (Å²) in [6, 6.07) is 11.6. The summed E-state index contributed by atoms with van der Waals surface area (Å²) in [6.07, 6.45) is 1.11. The zero-order valence-corrected chi connectivity index (χ0v) is 21.5. The van der Waals surface area contributed by atoms with E-state index in [9.17, 15) is 9.59 Å². The van der Waals surface area contributed by atoms with Crippen LogP contribution in [-0.2, 0) is 11.3 Å². The lowest BCUT2D eigenvalue weighted by Crippen LogP contribution is -2.36. The molecule has 3 heterocycles. The number of fused-ring (bicyclic) bond motifs is 2. The van der Waals surface area contributed by atoms with Crippen LogP contribution in [0.5, 0.6) is 5.75 Å². The maximum Gasteiger partial charge on any atom is 0.417 e. The number of methoxy groups -OCH3 is 1. The molecule has 0 bridgehead atoms. The summed E-state index contributed by atoms with van der Waals surface area (Å²) < 4.78 is 12.0. The fourth-order valence-electron chi connectivity index (χ4n) is 4.26. The van der Waals surface area contributed by atoms with Crippen LogP contribution in [0.3, 0.4) is 0 Å². The molecule has 2 aromatic carbocycles. The van der Waals surface area contributed by atoms with Gasteiger partial charge in [-0.25, -0.2) is 19.7 Å². The molecule has 0 fully saturated rings. The quantitative estimate of drug-likeness (QED) is 0.349. The van der Waals surface area contributed by atoms with Crippen molar-refractivity contribution < 1.29 is 19.1 Å². The molecule has 1 aliphatic heterocycles. The number of carbonyl (C=O) groups excluding carboxylic acids is 2. The van der Waals surface area contributed by atoms with Gasteiger partial charge in [0.2, 0.25) is 0 Å². The van der Waals surface area contributed by atoms with Crippen LogP contribution in [0.4, 0.5) is 16.3 Å². The van der Waals surface area contributed by atoms with Crippen molar-refractivity contribution in [3.05, 3.63) is 64.8 Å². The van der Waals surface area contributed by atoms with Crippen LogP contribution in [0, 0.1) is 6.92 Å². The van der Waals surface area contributed by atoms with E-state index in [1.54, 1.807) is 44.4 Å². The average molecular weight is 503 g/mol. The molecule has 0 aliphatic carbocycles.